The number of halogens is 2. The fraction of sp³-hybridized carbons (Fsp3) is 0.0667. The first kappa shape index (κ1) is 13.6. The largest absolute Gasteiger partial charge is 0.506 e. The number of aromatic hydroxyl groups is 1. The number of phenolic OH excluding ortho intramolecular Hbond substituents is 1. The lowest BCUT2D eigenvalue weighted by Crippen LogP contribution is -1.91. The van der Waals surface area contributed by atoms with Crippen LogP contribution in [-0.4, -0.2) is 15.2 Å². The molecule has 0 saturated heterocycles. The van der Waals surface area contributed by atoms with Gasteiger partial charge in [0, 0.05) is 12.0 Å². The predicted octanol–water partition coefficient (Wildman–Crippen LogP) is 3.83. The van der Waals surface area contributed by atoms with Crippen molar-refractivity contribution in [1.29, 1.82) is 0 Å². The van der Waals surface area contributed by atoms with Crippen molar-refractivity contribution >= 4 is 11.6 Å². The van der Waals surface area contributed by atoms with E-state index in [0.717, 1.165) is 5.56 Å². The summed E-state index contributed by atoms with van der Waals surface area (Å²) < 4.78 is 18.3. The van der Waals surface area contributed by atoms with Gasteiger partial charge < -0.3 is 9.63 Å². The van der Waals surface area contributed by atoms with Crippen molar-refractivity contribution in [1.82, 2.24) is 10.1 Å². The Hall–Kier alpha value is -2.40. The van der Waals surface area contributed by atoms with Crippen LogP contribution in [0.3, 0.4) is 0 Å². The molecule has 0 amide bonds. The van der Waals surface area contributed by atoms with Crippen molar-refractivity contribution < 1.29 is 14.0 Å². The number of benzene rings is 2. The molecule has 1 aromatic heterocycles. The molecular weight excluding hydrogens is 295 g/mol. The minimum atomic E-state index is -0.304. The van der Waals surface area contributed by atoms with Crippen LogP contribution in [0.1, 0.15) is 11.4 Å². The van der Waals surface area contributed by atoms with E-state index in [0.29, 0.717) is 23.7 Å². The van der Waals surface area contributed by atoms with Gasteiger partial charge in [-0.1, -0.05) is 28.9 Å². The fourth-order valence-corrected chi connectivity index (χ4v) is 2.09. The summed E-state index contributed by atoms with van der Waals surface area (Å²) in [6.07, 6.45) is 0.368. The summed E-state index contributed by atoms with van der Waals surface area (Å²) in [5, 5.41) is 13.4. The molecule has 4 nitrogen and oxygen atoms in total. The van der Waals surface area contributed by atoms with Crippen LogP contribution < -0.4 is 0 Å². The molecule has 1 heterocycles. The second-order valence-corrected chi connectivity index (χ2v) is 4.90. The summed E-state index contributed by atoms with van der Waals surface area (Å²) in [6, 6.07) is 10.8. The van der Waals surface area contributed by atoms with Crippen LogP contribution in [-0.2, 0) is 6.42 Å². The molecule has 6 heteroatoms. The normalized spacial score (nSPS) is 10.8. The minimum Gasteiger partial charge on any atom is -0.506 e. The zero-order valence-electron chi connectivity index (χ0n) is 10.8. The van der Waals surface area contributed by atoms with Gasteiger partial charge in [0.15, 0.2) is 5.82 Å². The maximum atomic E-state index is 13.1. The van der Waals surface area contributed by atoms with Gasteiger partial charge in [-0.25, -0.2) is 4.39 Å². The average molecular weight is 305 g/mol. The summed E-state index contributed by atoms with van der Waals surface area (Å²) in [6.45, 7) is 0. The van der Waals surface area contributed by atoms with E-state index >= 15 is 0 Å². The average Bonchev–Trinajstić information content (AvgIpc) is 2.90. The summed E-state index contributed by atoms with van der Waals surface area (Å²) in [5.74, 6) is 0.421. The molecule has 0 unspecified atom stereocenters. The number of nitrogens with zero attached hydrogens (tertiary/aromatic N) is 2. The van der Waals surface area contributed by atoms with Crippen LogP contribution in [0.5, 0.6) is 5.75 Å². The van der Waals surface area contributed by atoms with Gasteiger partial charge in [0.1, 0.15) is 11.6 Å². The van der Waals surface area contributed by atoms with E-state index in [4.69, 9.17) is 16.1 Å². The molecule has 0 saturated carbocycles. The molecule has 2 aromatic carbocycles. The van der Waals surface area contributed by atoms with E-state index in [1.807, 2.05) is 0 Å². The molecule has 3 rings (SSSR count). The number of hydrogen-bond donors (Lipinski definition) is 1. The van der Waals surface area contributed by atoms with Gasteiger partial charge in [-0.3, -0.25) is 0 Å². The molecule has 21 heavy (non-hydrogen) atoms. The number of aromatic nitrogens is 2. The first-order valence-corrected chi connectivity index (χ1v) is 6.55. The Morgan fingerprint density at radius 3 is 2.81 bits per heavy atom. The molecule has 0 fully saturated rings. The van der Waals surface area contributed by atoms with Crippen molar-refractivity contribution in [2.75, 3.05) is 0 Å². The fourth-order valence-electron chi connectivity index (χ4n) is 1.91. The summed E-state index contributed by atoms with van der Waals surface area (Å²) in [7, 11) is 0. The third-order valence-corrected chi connectivity index (χ3v) is 3.22. The minimum absolute atomic E-state index is 0.0140. The third-order valence-electron chi connectivity index (χ3n) is 2.91. The van der Waals surface area contributed by atoms with Crippen molar-refractivity contribution in [3.63, 3.8) is 0 Å². The third kappa shape index (κ3) is 3.03. The van der Waals surface area contributed by atoms with Crippen molar-refractivity contribution in [3.05, 3.63) is 64.7 Å². The lowest BCUT2D eigenvalue weighted by Gasteiger charge is -1.98. The van der Waals surface area contributed by atoms with Gasteiger partial charge in [0.2, 0.25) is 0 Å². The Morgan fingerprint density at radius 1 is 1.19 bits per heavy atom. The number of hydrogen-bond acceptors (Lipinski definition) is 4. The molecule has 1 N–H and O–H groups in total. The second-order valence-electron chi connectivity index (χ2n) is 4.49. The Balaban J connectivity index is 1.84. The van der Waals surface area contributed by atoms with Gasteiger partial charge in [-0.2, -0.15) is 4.98 Å². The molecule has 0 aliphatic carbocycles. The molecular formula is C15H10ClFN2O2. The molecule has 0 spiro atoms. The number of rotatable bonds is 3. The maximum Gasteiger partial charge on any atom is 0.257 e. The second kappa shape index (κ2) is 5.54. The Labute approximate surface area is 124 Å². The topological polar surface area (TPSA) is 59.2 Å². The zero-order chi connectivity index (χ0) is 14.8. The summed E-state index contributed by atoms with van der Waals surface area (Å²) >= 11 is 5.84. The van der Waals surface area contributed by atoms with E-state index in [2.05, 4.69) is 10.1 Å². The standard InChI is InChI=1S/C15H10ClFN2O2/c16-12-8-10(4-5-13(12)20)15-18-14(19-21-15)7-9-2-1-3-11(17)6-9/h1-6,8,20H,7H2. The highest BCUT2D eigenvalue weighted by Crippen LogP contribution is 2.28. The lowest BCUT2D eigenvalue weighted by atomic mass is 10.1. The SMILES string of the molecule is Oc1ccc(-c2nc(Cc3cccc(F)c3)no2)cc1Cl. The van der Waals surface area contributed by atoms with Crippen LogP contribution in [0.15, 0.2) is 47.0 Å². The van der Waals surface area contributed by atoms with Crippen LogP contribution in [0, 0.1) is 5.82 Å². The Kier molecular flexibility index (Phi) is 3.58. The molecule has 0 aliphatic heterocycles. The van der Waals surface area contributed by atoms with Gasteiger partial charge in [-0.15, -0.1) is 0 Å². The van der Waals surface area contributed by atoms with Crippen LogP contribution >= 0.6 is 11.6 Å². The van der Waals surface area contributed by atoms with E-state index in [9.17, 15) is 9.50 Å². The molecule has 0 atom stereocenters. The van der Waals surface area contributed by atoms with Gasteiger partial charge in [-0.05, 0) is 35.9 Å². The molecule has 0 radical (unpaired) electrons. The highest BCUT2D eigenvalue weighted by molar-refractivity contribution is 6.32. The van der Waals surface area contributed by atoms with E-state index in [1.165, 1.54) is 24.3 Å². The van der Waals surface area contributed by atoms with Crippen LogP contribution in [0.2, 0.25) is 5.02 Å². The van der Waals surface area contributed by atoms with Gasteiger partial charge in [0.05, 0.1) is 5.02 Å². The van der Waals surface area contributed by atoms with Gasteiger partial charge in [0.25, 0.3) is 5.89 Å². The Morgan fingerprint density at radius 2 is 2.05 bits per heavy atom. The molecule has 106 valence electrons. The highest BCUT2D eigenvalue weighted by Gasteiger charge is 2.11. The van der Waals surface area contributed by atoms with E-state index < -0.39 is 0 Å². The van der Waals surface area contributed by atoms with Crippen molar-refractivity contribution in [2.45, 2.75) is 6.42 Å². The monoisotopic (exact) mass is 304 g/mol. The molecule has 0 aliphatic rings. The van der Waals surface area contributed by atoms with Crippen LogP contribution in [0.25, 0.3) is 11.5 Å². The molecule has 0 bridgehead atoms. The Bertz CT molecular complexity index is 789. The zero-order valence-corrected chi connectivity index (χ0v) is 11.5. The first-order chi connectivity index (χ1) is 10.1. The van der Waals surface area contributed by atoms with Gasteiger partial charge >= 0.3 is 0 Å². The highest BCUT2D eigenvalue weighted by atomic mass is 35.5. The predicted molar refractivity (Wildman–Crippen MR) is 75.6 cm³/mol. The van der Waals surface area contributed by atoms with E-state index in [1.54, 1.807) is 18.2 Å². The lowest BCUT2D eigenvalue weighted by molar-refractivity contribution is 0.423. The van der Waals surface area contributed by atoms with Crippen molar-refractivity contribution in [2.24, 2.45) is 0 Å². The quantitative estimate of drug-likeness (QED) is 0.799. The molecule has 3 aromatic rings. The number of phenols is 1. The maximum absolute atomic E-state index is 13.1. The summed E-state index contributed by atoms with van der Waals surface area (Å²) in [4.78, 5) is 4.24. The first-order valence-electron chi connectivity index (χ1n) is 6.18. The van der Waals surface area contributed by atoms with Crippen LogP contribution in [0.4, 0.5) is 4.39 Å². The van der Waals surface area contributed by atoms with E-state index in [-0.39, 0.29) is 16.6 Å². The summed E-state index contributed by atoms with van der Waals surface area (Å²) in [5.41, 5.74) is 1.36. The smallest absolute Gasteiger partial charge is 0.257 e. The van der Waals surface area contributed by atoms with Crippen molar-refractivity contribution in [3.8, 4) is 17.2 Å².